The van der Waals surface area contributed by atoms with Gasteiger partial charge in [-0.15, -0.1) is 23.1 Å². The molecule has 0 radical (unpaired) electrons. The Morgan fingerprint density at radius 2 is 2.05 bits per heavy atom. The second-order valence-electron chi connectivity index (χ2n) is 4.84. The van der Waals surface area contributed by atoms with Crippen LogP contribution in [0.3, 0.4) is 0 Å². The standard InChI is InChI=1S/C16H16N2O2S2/c1-11(22-10-13(19)12-6-3-2-4-7-12)16-17-15(18-20-16)14-8-5-9-21-14/h2-9,11,13,19H,10H2,1H3. The first kappa shape index (κ1) is 15.3. The van der Waals surface area contributed by atoms with Crippen LogP contribution in [0.4, 0.5) is 0 Å². The van der Waals surface area contributed by atoms with Crippen LogP contribution in [-0.4, -0.2) is 21.0 Å². The molecule has 4 nitrogen and oxygen atoms in total. The Bertz CT molecular complexity index is 698. The van der Waals surface area contributed by atoms with E-state index in [1.807, 2.05) is 54.8 Å². The fraction of sp³-hybridized carbons (Fsp3) is 0.250. The molecule has 0 aliphatic rings. The van der Waals surface area contributed by atoms with E-state index in [2.05, 4.69) is 10.1 Å². The number of benzene rings is 1. The molecule has 2 aromatic heterocycles. The molecule has 0 bridgehead atoms. The summed E-state index contributed by atoms with van der Waals surface area (Å²) in [5.41, 5.74) is 0.923. The third kappa shape index (κ3) is 3.58. The number of aliphatic hydroxyl groups is 1. The Labute approximate surface area is 137 Å². The zero-order valence-corrected chi connectivity index (χ0v) is 13.7. The van der Waals surface area contributed by atoms with Crippen LogP contribution in [0.5, 0.6) is 0 Å². The highest BCUT2D eigenvalue weighted by molar-refractivity contribution is 7.99. The predicted molar refractivity (Wildman–Crippen MR) is 89.9 cm³/mol. The van der Waals surface area contributed by atoms with Gasteiger partial charge in [0.1, 0.15) is 0 Å². The first-order valence-corrected chi connectivity index (χ1v) is 8.89. The number of thioether (sulfide) groups is 1. The Morgan fingerprint density at radius 1 is 1.23 bits per heavy atom. The van der Waals surface area contributed by atoms with Crippen LogP contribution in [-0.2, 0) is 0 Å². The van der Waals surface area contributed by atoms with Crippen LogP contribution >= 0.6 is 23.1 Å². The molecule has 1 N–H and O–H groups in total. The largest absolute Gasteiger partial charge is 0.388 e. The minimum absolute atomic E-state index is 0.0413. The van der Waals surface area contributed by atoms with Crippen molar-refractivity contribution in [3.8, 4) is 10.7 Å². The summed E-state index contributed by atoms with van der Waals surface area (Å²) in [4.78, 5) is 5.43. The maximum Gasteiger partial charge on any atom is 0.239 e. The van der Waals surface area contributed by atoms with E-state index in [1.54, 1.807) is 23.1 Å². The lowest BCUT2D eigenvalue weighted by atomic mass is 10.1. The number of aromatic nitrogens is 2. The maximum atomic E-state index is 10.2. The Kier molecular flexibility index (Phi) is 4.92. The Morgan fingerprint density at radius 3 is 2.77 bits per heavy atom. The molecule has 3 rings (SSSR count). The zero-order chi connectivity index (χ0) is 15.4. The molecule has 3 aromatic rings. The van der Waals surface area contributed by atoms with Gasteiger partial charge in [-0.25, -0.2) is 0 Å². The van der Waals surface area contributed by atoms with E-state index in [1.165, 1.54) is 0 Å². The summed E-state index contributed by atoms with van der Waals surface area (Å²) in [6, 6.07) is 13.6. The average Bonchev–Trinajstić information content (AvgIpc) is 3.23. The van der Waals surface area contributed by atoms with Gasteiger partial charge in [0.25, 0.3) is 0 Å². The van der Waals surface area contributed by atoms with Crippen molar-refractivity contribution in [1.82, 2.24) is 10.1 Å². The molecule has 0 fully saturated rings. The fourth-order valence-corrected chi connectivity index (χ4v) is 3.54. The molecule has 2 heterocycles. The molecule has 22 heavy (non-hydrogen) atoms. The second kappa shape index (κ2) is 7.09. The van der Waals surface area contributed by atoms with E-state index in [-0.39, 0.29) is 5.25 Å². The molecule has 0 amide bonds. The third-order valence-corrected chi connectivity index (χ3v) is 5.30. The number of rotatable bonds is 6. The quantitative estimate of drug-likeness (QED) is 0.728. The van der Waals surface area contributed by atoms with Gasteiger partial charge in [-0.2, -0.15) is 4.98 Å². The summed E-state index contributed by atoms with van der Waals surface area (Å²) >= 11 is 3.18. The molecule has 0 aliphatic carbocycles. The molecule has 0 saturated heterocycles. The van der Waals surface area contributed by atoms with Gasteiger partial charge in [-0.1, -0.05) is 41.6 Å². The van der Waals surface area contributed by atoms with Crippen LogP contribution in [0.1, 0.15) is 29.7 Å². The first-order chi connectivity index (χ1) is 10.7. The zero-order valence-electron chi connectivity index (χ0n) is 12.0. The van der Waals surface area contributed by atoms with Crippen LogP contribution in [0.15, 0.2) is 52.4 Å². The summed E-state index contributed by atoms with van der Waals surface area (Å²) in [5.74, 6) is 1.80. The molecule has 2 unspecified atom stereocenters. The minimum atomic E-state index is -0.492. The summed E-state index contributed by atoms with van der Waals surface area (Å²) in [6.07, 6.45) is -0.492. The van der Waals surface area contributed by atoms with Gasteiger partial charge in [-0.05, 0) is 23.9 Å². The van der Waals surface area contributed by atoms with E-state index >= 15 is 0 Å². The average molecular weight is 332 g/mol. The van der Waals surface area contributed by atoms with Crippen LogP contribution < -0.4 is 0 Å². The highest BCUT2D eigenvalue weighted by Crippen LogP contribution is 2.32. The molecule has 2 atom stereocenters. The number of hydrogen-bond acceptors (Lipinski definition) is 6. The SMILES string of the molecule is CC(SCC(O)c1ccccc1)c1nc(-c2cccs2)no1. The van der Waals surface area contributed by atoms with E-state index in [0.717, 1.165) is 10.4 Å². The van der Waals surface area contributed by atoms with Crippen molar-refractivity contribution in [3.63, 3.8) is 0 Å². The summed E-state index contributed by atoms with van der Waals surface area (Å²) in [6.45, 7) is 2.01. The van der Waals surface area contributed by atoms with Crippen molar-refractivity contribution < 1.29 is 9.63 Å². The molecule has 6 heteroatoms. The Balaban J connectivity index is 1.59. The third-order valence-electron chi connectivity index (χ3n) is 3.22. The number of nitrogens with zero attached hydrogens (tertiary/aromatic N) is 2. The van der Waals surface area contributed by atoms with Gasteiger partial charge >= 0.3 is 0 Å². The van der Waals surface area contributed by atoms with Crippen LogP contribution in [0, 0.1) is 0 Å². The Hall–Kier alpha value is -1.63. The summed E-state index contributed by atoms with van der Waals surface area (Å²) < 4.78 is 5.33. The van der Waals surface area contributed by atoms with E-state index in [4.69, 9.17) is 4.52 Å². The van der Waals surface area contributed by atoms with Crippen LogP contribution in [0.25, 0.3) is 10.7 Å². The number of aliphatic hydroxyl groups excluding tert-OH is 1. The number of hydrogen-bond donors (Lipinski definition) is 1. The van der Waals surface area contributed by atoms with Gasteiger partial charge in [-0.3, -0.25) is 0 Å². The second-order valence-corrected chi connectivity index (χ2v) is 7.16. The molecule has 0 aliphatic heterocycles. The lowest BCUT2D eigenvalue weighted by molar-refractivity contribution is 0.204. The molecule has 114 valence electrons. The highest BCUT2D eigenvalue weighted by Gasteiger charge is 2.18. The van der Waals surface area contributed by atoms with E-state index < -0.39 is 6.10 Å². The lowest BCUT2D eigenvalue weighted by Gasteiger charge is -2.12. The van der Waals surface area contributed by atoms with Crippen molar-refractivity contribution in [2.24, 2.45) is 0 Å². The van der Waals surface area contributed by atoms with Crippen molar-refractivity contribution in [2.45, 2.75) is 18.3 Å². The van der Waals surface area contributed by atoms with E-state index in [9.17, 15) is 5.11 Å². The van der Waals surface area contributed by atoms with Crippen molar-refractivity contribution in [2.75, 3.05) is 5.75 Å². The van der Waals surface area contributed by atoms with Gasteiger partial charge in [0.05, 0.1) is 16.2 Å². The van der Waals surface area contributed by atoms with Crippen molar-refractivity contribution in [1.29, 1.82) is 0 Å². The van der Waals surface area contributed by atoms with Gasteiger partial charge in [0.15, 0.2) is 0 Å². The molecule has 1 aromatic carbocycles. The topological polar surface area (TPSA) is 59.2 Å². The fourth-order valence-electron chi connectivity index (χ4n) is 1.98. The van der Waals surface area contributed by atoms with Crippen molar-refractivity contribution in [3.05, 3.63) is 59.3 Å². The number of thiophene rings is 1. The van der Waals surface area contributed by atoms with Crippen molar-refractivity contribution >= 4 is 23.1 Å². The minimum Gasteiger partial charge on any atom is -0.388 e. The van der Waals surface area contributed by atoms with Crippen LogP contribution in [0.2, 0.25) is 0 Å². The summed E-state index contributed by atoms with van der Waals surface area (Å²) in [5, 5.41) is 16.2. The lowest BCUT2D eigenvalue weighted by Crippen LogP contribution is -2.02. The van der Waals surface area contributed by atoms with E-state index in [0.29, 0.717) is 17.5 Å². The normalized spacial score (nSPS) is 13.9. The smallest absolute Gasteiger partial charge is 0.239 e. The van der Waals surface area contributed by atoms with Gasteiger partial charge in [0, 0.05) is 5.75 Å². The molecule has 0 spiro atoms. The monoisotopic (exact) mass is 332 g/mol. The highest BCUT2D eigenvalue weighted by atomic mass is 32.2. The molecular formula is C16H16N2O2S2. The molecule has 0 saturated carbocycles. The van der Waals surface area contributed by atoms with Gasteiger partial charge in [0.2, 0.25) is 11.7 Å². The first-order valence-electron chi connectivity index (χ1n) is 6.96. The molecular weight excluding hydrogens is 316 g/mol. The maximum absolute atomic E-state index is 10.2. The summed E-state index contributed by atoms with van der Waals surface area (Å²) in [7, 11) is 0. The predicted octanol–water partition coefficient (Wildman–Crippen LogP) is 4.33. The van der Waals surface area contributed by atoms with Gasteiger partial charge < -0.3 is 9.63 Å².